The molecule has 0 bridgehead atoms. The highest BCUT2D eigenvalue weighted by Gasteiger charge is 2.32. The fraction of sp³-hybridized carbons (Fsp3) is 0.500. The van der Waals surface area contributed by atoms with E-state index in [1.807, 2.05) is 28.8 Å². The quantitative estimate of drug-likeness (QED) is 0.550. The molecule has 4 heteroatoms. The van der Waals surface area contributed by atoms with Gasteiger partial charge >= 0.3 is 0 Å². The van der Waals surface area contributed by atoms with Crippen molar-refractivity contribution in [2.24, 2.45) is 11.8 Å². The van der Waals surface area contributed by atoms with Crippen LogP contribution >= 0.6 is 11.3 Å². The molecule has 30 heavy (non-hydrogen) atoms. The molecule has 0 N–H and O–H groups in total. The highest BCUT2D eigenvalue weighted by molar-refractivity contribution is 7.08. The van der Waals surface area contributed by atoms with Crippen LogP contribution in [-0.2, 0) is 6.42 Å². The molecule has 2 aromatic rings. The van der Waals surface area contributed by atoms with E-state index in [2.05, 4.69) is 47.4 Å². The van der Waals surface area contributed by atoms with E-state index in [-0.39, 0.29) is 11.9 Å². The van der Waals surface area contributed by atoms with Gasteiger partial charge < -0.3 is 9.80 Å². The van der Waals surface area contributed by atoms with Gasteiger partial charge in [-0.2, -0.15) is 11.3 Å². The molecule has 1 fully saturated rings. The summed E-state index contributed by atoms with van der Waals surface area (Å²) in [5.41, 5.74) is 2.15. The van der Waals surface area contributed by atoms with Crippen LogP contribution in [0.25, 0.3) is 0 Å². The number of carbonyl (C=O) groups excluding carboxylic acids is 1. The number of amides is 1. The number of nitrogens with zero attached hydrogens (tertiary/aromatic N) is 2. The number of rotatable bonds is 7. The van der Waals surface area contributed by atoms with Crippen LogP contribution in [0, 0.1) is 11.8 Å². The zero-order valence-corrected chi connectivity index (χ0v) is 18.9. The number of hydrogen-bond acceptors (Lipinski definition) is 3. The molecular weight excluding hydrogens is 388 g/mol. The van der Waals surface area contributed by atoms with E-state index >= 15 is 0 Å². The predicted molar refractivity (Wildman–Crippen MR) is 126 cm³/mol. The van der Waals surface area contributed by atoms with Crippen LogP contribution in [0.4, 0.5) is 0 Å². The minimum atomic E-state index is 0.161. The van der Waals surface area contributed by atoms with Crippen molar-refractivity contribution in [2.45, 2.75) is 44.6 Å². The third-order valence-corrected chi connectivity index (χ3v) is 7.63. The molecule has 2 heterocycles. The first-order valence-electron chi connectivity index (χ1n) is 11.4. The molecule has 160 valence electrons. The van der Waals surface area contributed by atoms with Crippen LogP contribution in [0.2, 0.25) is 0 Å². The standard InChI is InChI=1S/C26H34N2OS/c1-27(26(29)24-14-17-30-20-24)25(18-21-8-4-2-5-9-21)23-12-15-28(16-13-23)19-22-10-6-3-7-11-22/h2-6,8-9,14,17,20,22-23,25H,7,10-13,15-16,18-19H2,1H3. The summed E-state index contributed by atoms with van der Waals surface area (Å²) in [6.45, 7) is 3.57. The number of benzene rings is 1. The lowest BCUT2D eigenvalue weighted by Gasteiger charge is -2.41. The van der Waals surface area contributed by atoms with Gasteiger partial charge in [-0.25, -0.2) is 0 Å². The van der Waals surface area contributed by atoms with Crippen molar-refractivity contribution in [3.63, 3.8) is 0 Å². The van der Waals surface area contributed by atoms with Gasteiger partial charge in [0.05, 0.1) is 5.56 Å². The Morgan fingerprint density at radius 1 is 1.13 bits per heavy atom. The Kier molecular flexibility index (Phi) is 7.40. The van der Waals surface area contributed by atoms with Crippen molar-refractivity contribution in [2.75, 3.05) is 26.7 Å². The Balaban J connectivity index is 1.41. The summed E-state index contributed by atoms with van der Waals surface area (Å²) in [6, 6.07) is 12.9. The first kappa shape index (κ1) is 21.3. The topological polar surface area (TPSA) is 23.6 Å². The van der Waals surface area contributed by atoms with E-state index in [1.54, 1.807) is 11.3 Å². The van der Waals surface area contributed by atoms with Crippen molar-refractivity contribution in [1.82, 2.24) is 9.80 Å². The summed E-state index contributed by atoms with van der Waals surface area (Å²) in [4.78, 5) is 17.8. The summed E-state index contributed by atoms with van der Waals surface area (Å²) < 4.78 is 0. The van der Waals surface area contributed by atoms with Gasteiger partial charge in [-0.3, -0.25) is 4.79 Å². The molecule has 4 rings (SSSR count). The monoisotopic (exact) mass is 422 g/mol. The van der Waals surface area contributed by atoms with Crippen LogP contribution in [0.1, 0.15) is 48.0 Å². The number of hydrogen-bond donors (Lipinski definition) is 0. The van der Waals surface area contributed by atoms with Crippen molar-refractivity contribution in [3.8, 4) is 0 Å². The molecule has 1 aliphatic carbocycles. The maximum Gasteiger partial charge on any atom is 0.254 e. The third kappa shape index (κ3) is 5.41. The minimum absolute atomic E-state index is 0.161. The predicted octanol–water partition coefficient (Wildman–Crippen LogP) is 5.50. The molecule has 0 radical (unpaired) electrons. The second kappa shape index (κ2) is 10.4. The fourth-order valence-corrected chi connectivity index (χ4v) is 5.75. The highest BCUT2D eigenvalue weighted by atomic mass is 32.1. The first-order valence-corrected chi connectivity index (χ1v) is 12.4. The summed E-state index contributed by atoms with van der Waals surface area (Å²) in [6.07, 6.45) is 11.8. The van der Waals surface area contributed by atoms with Gasteiger partial charge in [-0.15, -0.1) is 0 Å². The lowest BCUT2D eigenvalue weighted by atomic mass is 9.84. The Morgan fingerprint density at radius 2 is 1.93 bits per heavy atom. The van der Waals surface area contributed by atoms with Crippen molar-refractivity contribution >= 4 is 17.2 Å². The van der Waals surface area contributed by atoms with Crippen LogP contribution in [0.3, 0.4) is 0 Å². The molecule has 2 aliphatic rings. The number of likely N-dealkylation sites (tertiary alicyclic amines) is 1. The van der Waals surface area contributed by atoms with Crippen LogP contribution in [-0.4, -0.2) is 48.4 Å². The van der Waals surface area contributed by atoms with E-state index in [0.29, 0.717) is 5.92 Å². The largest absolute Gasteiger partial charge is 0.338 e. The molecule has 1 aliphatic heterocycles. The Bertz CT molecular complexity index is 809. The Labute approximate surface area is 185 Å². The molecule has 1 aromatic heterocycles. The number of allylic oxidation sites excluding steroid dienone is 2. The fourth-order valence-electron chi connectivity index (χ4n) is 5.12. The van der Waals surface area contributed by atoms with Crippen molar-refractivity contribution in [1.29, 1.82) is 0 Å². The van der Waals surface area contributed by atoms with E-state index in [4.69, 9.17) is 0 Å². The van der Waals surface area contributed by atoms with E-state index < -0.39 is 0 Å². The number of likely N-dealkylation sites (N-methyl/N-ethyl adjacent to an activating group) is 1. The second-order valence-electron chi connectivity index (χ2n) is 8.97. The normalized spacial score (nSPS) is 21.4. The number of thiophene rings is 1. The molecule has 2 unspecified atom stereocenters. The van der Waals surface area contributed by atoms with Gasteiger partial charge in [-0.05, 0) is 80.5 Å². The molecular formula is C26H34N2OS. The smallest absolute Gasteiger partial charge is 0.254 e. The lowest BCUT2D eigenvalue weighted by molar-refractivity contribution is 0.0576. The summed E-state index contributed by atoms with van der Waals surface area (Å²) in [5, 5.41) is 3.96. The van der Waals surface area contributed by atoms with Crippen LogP contribution in [0.15, 0.2) is 59.3 Å². The van der Waals surface area contributed by atoms with Gasteiger partial charge in [0.2, 0.25) is 0 Å². The van der Waals surface area contributed by atoms with Gasteiger partial charge in [-0.1, -0.05) is 42.5 Å². The maximum atomic E-state index is 13.1. The lowest BCUT2D eigenvalue weighted by Crippen LogP contribution is -2.48. The van der Waals surface area contributed by atoms with E-state index in [0.717, 1.165) is 31.0 Å². The summed E-state index contributed by atoms with van der Waals surface area (Å²) in [5.74, 6) is 1.54. The minimum Gasteiger partial charge on any atom is -0.338 e. The number of carbonyl (C=O) groups is 1. The van der Waals surface area contributed by atoms with Crippen LogP contribution in [0.5, 0.6) is 0 Å². The summed E-state index contributed by atoms with van der Waals surface area (Å²) in [7, 11) is 2.01. The second-order valence-corrected chi connectivity index (χ2v) is 9.75. The molecule has 1 amide bonds. The molecule has 0 spiro atoms. The first-order chi connectivity index (χ1) is 14.7. The zero-order chi connectivity index (χ0) is 20.8. The SMILES string of the molecule is CN(C(=O)c1ccsc1)C(Cc1ccccc1)C1CCN(CC2CC=CCC2)CC1. The van der Waals surface area contributed by atoms with Gasteiger partial charge in [0.15, 0.2) is 0 Å². The molecule has 1 saturated heterocycles. The van der Waals surface area contributed by atoms with Crippen LogP contribution < -0.4 is 0 Å². The van der Waals surface area contributed by atoms with Gasteiger partial charge in [0, 0.05) is 25.0 Å². The molecule has 2 atom stereocenters. The highest BCUT2D eigenvalue weighted by Crippen LogP contribution is 2.29. The average Bonchev–Trinajstić information content (AvgIpc) is 3.34. The number of piperidine rings is 1. The Morgan fingerprint density at radius 3 is 2.60 bits per heavy atom. The average molecular weight is 423 g/mol. The molecule has 0 saturated carbocycles. The van der Waals surface area contributed by atoms with Crippen molar-refractivity contribution < 1.29 is 4.79 Å². The van der Waals surface area contributed by atoms with Crippen molar-refractivity contribution in [3.05, 3.63) is 70.4 Å². The van der Waals surface area contributed by atoms with Gasteiger partial charge in [0.25, 0.3) is 5.91 Å². The Hall–Kier alpha value is -1.91. The van der Waals surface area contributed by atoms with Gasteiger partial charge in [0.1, 0.15) is 0 Å². The molecule has 1 aromatic carbocycles. The molecule has 3 nitrogen and oxygen atoms in total. The summed E-state index contributed by atoms with van der Waals surface area (Å²) >= 11 is 1.59. The third-order valence-electron chi connectivity index (χ3n) is 6.94. The van der Waals surface area contributed by atoms with E-state index in [1.165, 1.54) is 44.2 Å². The van der Waals surface area contributed by atoms with E-state index in [9.17, 15) is 4.79 Å². The maximum absolute atomic E-state index is 13.1. The zero-order valence-electron chi connectivity index (χ0n) is 18.1.